The summed E-state index contributed by atoms with van der Waals surface area (Å²) in [6, 6.07) is -0.0887. The maximum absolute atomic E-state index is 11.5. The zero-order chi connectivity index (χ0) is 12.1. The second-order valence-electron chi connectivity index (χ2n) is 4.84. The number of hydrogen-bond donors (Lipinski definition) is 1. The summed E-state index contributed by atoms with van der Waals surface area (Å²) in [5.74, 6) is 0.467. The molecular formula is C12H25NO2. The van der Waals surface area contributed by atoms with E-state index in [0.29, 0.717) is 5.92 Å². The number of rotatable bonds is 1. The molecule has 1 aliphatic rings. The fourth-order valence-electron chi connectivity index (χ4n) is 1.46. The largest absolute Gasteiger partial charge is 0.459 e. The monoisotopic (exact) mass is 215 g/mol. The van der Waals surface area contributed by atoms with Crippen molar-refractivity contribution in [2.24, 2.45) is 5.92 Å². The molecule has 0 saturated carbocycles. The van der Waals surface area contributed by atoms with Crippen LogP contribution in [0.15, 0.2) is 0 Å². The van der Waals surface area contributed by atoms with Gasteiger partial charge in [-0.05, 0) is 39.7 Å². The van der Waals surface area contributed by atoms with E-state index < -0.39 is 0 Å². The van der Waals surface area contributed by atoms with E-state index in [1.54, 1.807) is 0 Å². The van der Waals surface area contributed by atoms with Crippen LogP contribution in [0.3, 0.4) is 0 Å². The van der Waals surface area contributed by atoms with Gasteiger partial charge in [-0.25, -0.2) is 0 Å². The van der Waals surface area contributed by atoms with Crippen LogP contribution < -0.4 is 5.32 Å². The number of carbonyl (C=O) groups excluding carboxylic acids is 1. The summed E-state index contributed by atoms with van der Waals surface area (Å²) in [5.41, 5.74) is -0.370. The fraction of sp³-hybridized carbons (Fsp3) is 0.917. The summed E-state index contributed by atoms with van der Waals surface area (Å²) in [5, 5.41) is 3.15. The molecule has 1 heterocycles. The van der Waals surface area contributed by atoms with Gasteiger partial charge in [-0.15, -0.1) is 0 Å². The van der Waals surface area contributed by atoms with Crippen LogP contribution >= 0.6 is 0 Å². The molecule has 0 amide bonds. The van der Waals surface area contributed by atoms with Crippen molar-refractivity contribution in [3.63, 3.8) is 0 Å². The van der Waals surface area contributed by atoms with E-state index in [0.717, 1.165) is 13.0 Å². The second kappa shape index (κ2) is 6.11. The molecule has 1 unspecified atom stereocenters. The Morgan fingerprint density at radius 3 is 2.20 bits per heavy atom. The first-order valence-corrected chi connectivity index (χ1v) is 5.85. The van der Waals surface area contributed by atoms with Gasteiger partial charge in [0, 0.05) is 0 Å². The van der Waals surface area contributed by atoms with Gasteiger partial charge in [-0.1, -0.05) is 20.8 Å². The Morgan fingerprint density at radius 2 is 1.87 bits per heavy atom. The third-order valence-electron chi connectivity index (χ3n) is 2.04. The lowest BCUT2D eigenvalue weighted by Gasteiger charge is -2.22. The Hall–Kier alpha value is -0.570. The molecule has 3 heteroatoms. The molecule has 1 N–H and O–H groups in total. The summed E-state index contributed by atoms with van der Waals surface area (Å²) in [7, 11) is 0. The van der Waals surface area contributed by atoms with E-state index in [1.807, 2.05) is 34.6 Å². The normalized spacial score (nSPS) is 25.5. The van der Waals surface area contributed by atoms with Crippen LogP contribution in [0.4, 0.5) is 0 Å². The molecule has 0 spiro atoms. The minimum atomic E-state index is -0.370. The number of carbonyl (C=O) groups is 1. The van der Waals surface area contributed by atoms with Crippen molar-refractivity contribution in [2.75, 3.05) is 6.54 Å². The molecule has 0 radical (unpaired) electrons. The number of ether oxygens (including phenoxy) is 1. The maximum Gasteiger partial charge on any atom is 0.323 e. The van der Waals surface area contributed by atoms with E-state index in [2.05, 4.69) is 12.2 Å². The van der Waals surface area contributed by atoms with Crippen molar-refractivity contribution in [1.82, 2.24) is 5.32 Å². The zero-order valence-electron chi connectivity index (χ0n) is 10.9. The lowest BCUT2D eigenvalue weighted by atomic mass is 10.1. The molecule has 1 rings (SSSR count). The van der Waals surface area contributed by atoms with Crippen molar-refractivity contribution in [1.29, 1.82) is 0 Å². The first-order valence-electron chi connectivity index (χ1n) is 5.85. The third-order valence-corrected chi connectivity index (χ3v) is 2.04. The standard InChI is InChI=1S/C10H19NO2.C2H6/c1-7-5-8(11-6-7)9(12)13-10(2,3)4;1-2/h7-8,11H,5-6H2,1-4H3;1-2H3/t7-,8?;/m1./s1. The average Bonchev–Trinajstić information content (AvgIpc) is 2.52. The van der Waals surface area contributed by atoms with E-state index in [4.69, 9.17) is 4.74 Å². The van der Waals surface area contributed by atoms with Crippen LogP contribution in [0, 0.1) is 5.92 Å². The van der Waals surface area contributed by atoms with E-state index >= 15 is 0 Å². The van der Waals surface area contributed by atoms with Crippen molar-refractivity contribution >= 4 is 5.97 Å². The van der Waals surface area contributed by atoms with Crippen LogP contribution in [0.1, 0.15) is 48.0 Å². The summed E-state index contributed by atoms with van der Waals surface area (Å²) < 4.78 is 5.27. The van der Waals surface area contributed by atoms with Gasteiger partial charge in [0.2, 0.25) is 0 Å². The van der Waals surface area contributed by atoms with Gasteiger partial charge in [0.25, 0.3) is 0 Å². The minimum Gasteiger partial charge on any atom is -0.459 e. The Morgan fingerprint density at radius 1 is 1.33 bits per heavy atom. The lowest BCUT2D eigenvalue weighted by Crippen LogP contribution is -2.37. The van der Waals surface area contributed by atoms with Crippen molar-refractivity contribution in [3.05, 3.63) is 0 Å². The highest BCUT2D eigenvalue weighted by Gasteiger charge is 2.30. The first kappa shape index (κ1) is 14.4. The van der Waals surface area contributed by atoms with Crippen LogP contribution in [-0.2, 0) is 9.53 Å². The summed E-state index contributed by atoms with van der Waals surface area (Å²) in [6.45, 7) is 12.7. The Labute approximate surface area is 93.6 Å². The van der Waals surface area contributed by atoms with Gasteiger partial charge in [0.1, 0.15) is 11.6 Å². The first-order chi connectivity index (χ1) is 6.88. The van der Waals surface area contributed by atoms with Crippen LogP contribution in [0.2, 0.25) is 0 Å². The predicted molar refractivity (Wildman–Crippen MR) is 62.8 cm³/mol. The zero-order valence-corrected chi connectivity index (χ0v) is 10.9. The molecule has 3 nitrogen and oxygen atoms in total. The number of nitrogens with one attached hydrogen (secondary N) is 1. The maximum atomic E-state index is 11.5. The molecule has 0 aliphatic carbocycles. The predicted octanol–water partition coefficient (Wildman–Crippen LogP) is 2.35. The molecule has 0 aromatic carbocycles. The fourth-order valence-corrected chi connectivity index (χ4v) is 1.46. The van der Waals surface area contributed by atoms with Gasteiger partial charge in [0.15, 0.2) is 0 Å². The molecule has 2 atom stereocenters. The smallest absolute Gasteiger partial charge is 0.323 e. The van der Waals surface area contributed by atoms with Gasteiger partial charge >= 0.3 is 5.97 Å². The van der Waals surface area contributed by atoms with Crippen LogP contribution in [0.5, 0.6) is 0 Å². The highest BCUT2D eigenvalue weighted by molar-refractivity contribution is 5.76. The van der Waals surface area contributed by atoms with Gasteiger partial charge in [-0.3, -0.25) is 4.79 Å². The van der Waals surface area contributed by atoms with E-state index in [1.165, 1.54) is 0 Å². The Bertz CT molecular complexity index is 196. The van der Waals surface area contributed by atoms with Crippen molar-refractivity contribution < 1.29 is 9.53 Å². The van der Waals surface area contributed by atoms with Crippen LogP contribution in [-0.4, -0.2) is 24.2 Å². The number of hydrogen-bond acceptors (Lipinski definition) is 3. The summed E-state index contributed by atoms with van der Waals surface area (Å²) in [6.07, 6.45) is 0.898. The molecular weight excluding hydrogens is 190 g/mol. The topological polar surface area (TPSA) is 38.3 Å². The molecule has 1 saturated heterocycles. The SMILES string of the molecule is CC.C[C@H]1CNC(C(=O)OC(C)(C)C)C1. The summed E-state index contributed by atoms with van der Waals surface area (Å²) in [4.78, 5) is 11.5. The number of esters is 1. The molecule has 0 aromatic rings. The molecule has 90 valence electrons. The van der Waals surface area contributed by atoms with E-state index in [9.17, 15) is 4.79 Å². The Kier molecular flexibility index (Phi) is 5.88. The van der Waals surface area contributed by atoms with Crippen molar-refractivity contribution in [3.8, 4) is 0 Å². The van der Waals surface area contributed by atoms with Crippen LogP contribution in [0.25, 0.3) is 0 Å². The minimum absolute atomic E-state index is 0.0887. The average molecular weight is 215 g/mol. The van der Waals surface area contributed by atoms with Gasteiger partial charge < -0.3 is 10.1 Å². The quantitative estimate of drug-likeness (QED) is 0.682. The lowest BCUT2D eigenvalue weighted by molar-refractivity contribution is -0.157. The highest BCUT2D eigenvalue weighted by atomic mass is 16.6. The van der Waals surface area contributed by atoms with E-state index in [-0.39, 0.29) is 17.6 Å². The van der Waals surface area contributed by atoms with Gasteiger partial charge in [0.05, 0.1) is 0 Å². The molecule has 1 aliphatic heterocycles. The Balaban J connectivity index is 0.000000921. The highest BCUT2D eigenvalue weighted by Crippen LogP contribution is 2.16. The molecule has 0 aromatic heterocycles. The molecule has 15 heavy (non-hydrogen) atoms. The molecule has 0 bridgehead atoms. The molecule has 1 fully saturated rings. The second-order valence-corrected chi connectivity index (χ2v) is 4.84. The summed E-state index contributed by atoms with van der Waals surface area (Å²) >= 11 is 0. The van der Waals surface area contributed by atoms with Crippen molar-refractivity contribution in [2.45, 2.75) is 59.6 Å². The van der Waals surface area contributed by atoms with Gasteiger partial charge in [-0.2, -0.15) is 0 Å². The third kappa shape index (κ3) is 5.78.